The highest BCUT2D eigenvalue weighted by molar-refractivity contribution is 6.30. The van der Waals surface area contributed by atoms with E-state index in [4.69, 9.17) is 16.3 Å². The molecule has 1 unspecified atom stereocenters. The van der Waals surface area contributed by atoms with Gasteiger partial charge in [-0.1, -0.05) is 42.8 Å². The van der Waals surface area contributed by atoms with E-state index in [1.165, 1.54) is 0 Å². The minimum Gasteiger partial charge on any atom is -0.496 e. The van der Waals surface area contributed by atoms with Crippen molar-refractivity contribution in [1.29, 1.82) is 0 Å². The molecular formula is C24H27ClN2O2. The molecular weight excluding hydrogens is 384 g/mol. The van der Waals surface area contributed by atoms with Crippen molar-refractivity contribution in [2.75, 3.05) is 7.11 Å². The molecule has 0 saturated heterocycles. The summed E-state index contributed by atoms with van der Waals surface area (Å²) in [6.07, 6.45) is 2.91. The molecule has 1 amide bonds. The van der Waals surface area contributed by atoms with Crippen molar-refractivity contribution in [2.24, 2.45) is 0 Å². The van der Waals surface area contributed by atoms with E-state index in [1.807, 2.05) is 59.6 Å². The Balaban J connectivity index is 1.87. The van der Waals surface area contributed by atoms with E-state index in [0.29, 0.717) is 24.4 Å². The second kappa shape index (κ2) is 9.66. The normalized spacial score (nSPS) is 11.9. The van der Waals surface area contributed by atoms with E-state index in [-0.39, 0.29) is 11.9 Å². The van der Waals surface area contributed by atoms with E-state index < -0.39 is 0 Å². The quantitative estimate of drug-likeness (QED) is 0.481. The number of nitrogens with zero attached hydrogens (tertiary/aromatic N) is 2. The fourth-order valence-corrected chi connectivity index (χ4v) is 3.59. The van der Waals surface area contributed by atoms with Crippen LogP contribution in [0.2, 0.25) is 5.02 Å². The predicted molar refractivity (Wildman–Crippen MR) is 118 cm³/mol. The molecule has 5 heteroatoms. The van der Waals surface area contributed by atoms with Crippen LogP contribution < -0.4 is 4.74 Å². The van der Waals surface area contributed by atoms with Crippen molar-refractivity contribution in [3.05, 3.63) is 88.7 Å². The van der Waals surface area contributed by atoms with E-state index >= 15 is 0 Å². The van der Waals surface area contributed by atoms with Crippen LogP contribution in [0.4, 0.5) is 0 Å². The summed E-state index contributed by atoms with van der Waals surface area (Å²) in [6, 6.07) is 19.4. The van der Waals surface area contributed by atoms with Gasteiger partial charge in [0.1, 0.15) is 5.75 Å². The molecule has 3 aromatic rings. The molecule has 1 aromatic heterocycles. The lowest BCUT2D eigenvalue weighted by Gasteiger charge is -2.30. The van der Waals surface area contributed by atoms with Gasteiger partial charge in [-0.25, -0.2) is 0 Å². The SMILES string of the molecule is CCC(C)N(Cc1cccn1Cc1cccc(Cl)c1)C(=O)c1ccccc1OC. The molecule has 1 heterocycles. The van der Waals surface area contributed by atoms with Gasteiger partial charge in [-0.3, -0.25) is 4.79 Å². The standard InChI is InChI=1S/C24H27ClN2O2/c1-4-18(2)27(24(28)22-12-5-6-13-23(22)29-3)17-21-11-8-14-26(21)16-19-9-7-10-20(25)15-19/h5-15,18H,4,16-17H2,1-3H3. The first-order valence-corrected chi connectivity index (χ1v) is 10.2. The van der Waals surface area contributed by atoms with E-state index in [9.17, 15) is 4.79 Å². The number of carbonyl (C=O) groups excluding carboxylic acids is 1. The lowest BCUT2D eigenvalue weighted by Crippen LogP contribution is -2.38. The molecule has 3 rings (SSSR count). The predicted octanol–water partition coefficient (Wildman–Crippen LogP) is 5.64. The zero-order valence-electron chi connectivity index (χ0n) is 17.1. The number of benzene rings is 2. The van der Waals surface area contributed by atoms with Gasteiger partial charge >= 0.3 is 0 Å². The van der Waals surface area contributed by atoms with Gasteiger partial charge < -0.3 is 14.2 Å². The van der Waals surface area contributed by atoms with Crippen LogP contribution in [0.5, 0.6) is 5.75 Å². The van der Waals surface area contributed by atoms with Crippen molar-refractivity contribution in [3.8, 4) is 5.75 Å². The minimum atomic E-state index is -0.0210. The van der Waals surface area contributed by atoms with Crippen LogP contribution in [0.25, 0.3) is 0 Å². The van der Waals surface area contributed by atoms with Crippen LogP contribution in [0.1, 0.15) is 41.9 Å². The van der Waals surface area contributed by atoms with Gasteiger partial charge in [-0.15, -0.1) is 0 Å². The Kier molecular flexibility index (Phi) is 6.99. The number of amides is 1. The van der Waals surface area contributed by atoms with E-state index in [1.54, 1.807) is 7.11 Å². The maximum atomic E-state index is 13.4. The number of ether oxygens (including phenoxy) is 1. The average Bonchev–Trinajstić information content (AvgIpc) is 3.17. The van der Waals surface area contributed by atoms with Crippen molar-refractivity contribution in [3.63, 3.8) is 0 Å². The van der Waals surface area contributed by atoms with Gasteiger partial charge in [0.15, 0.2) is 0 Å². The zero-order chi connectivity index (χ0) is 20.8. The van der Waals surface area contributed by atoms with Crippen molar-refractivity contribution in [1.82, 2.24) is 9.47 Å². The molecule has 4 nitrogen and oxygen atoms in total. The summed E-state index contributed by atoms with van der Waals surface area (Å²) in [5.74, 6) is 0.576. The molecule has 2 aromatic carbocycles. The Labute approximate surface area is 177 Å². The summed E-state index contributed by atoms with van der Waals surface area (Å²) in [7, 11) is 1.59. The lowest BCUT2D eigenvalue weighted by molar-refractivity contribution is 0.0663. The Hall–Kier alpha value is -2.72. The Morgan fingerprint density at radius 3 is 2.66 bits per heavy atom. The molecule has 0 aliphatic carbocycles. The van der Waals surface area contributed by atoms with Gasteiger partial charge in [0.2, 0.25) is 0 Å². The highest BCUT2D eigenvalue weighted by Crippen LogP contribution is 2.23. The number of aromatic nitrogens is 1. The average molecular weight is 411 g/mol. The molecule has 0 saturated carbocycles. The number of hydrogen-bond acceptors (Lipinski definition) is 2. The Morgan fingerprint density at radius 2 is 1.93 bits per heavy atom. The summed E-state index contributed by atoms with van der Waals surface area (Å²) in [6.45, 7) is 5.41. The monoisotopic (exact) mass is 410 g/mol. The molecule has 0 radical (unpaired) electrons. The highest BCUT2D eigenvalue weighted by Gasteiger charge is 2.24. The van der Waals surface area contributed by atoms with E-state index in [0.717, 1.165) is 22.7 Å². The van der Waals surface area contributed by atoms with Crippen LogP contribution >= 0.6 is 11.6 Å². The third-order valence-electron chi connectivity index (χ3n) is 5.22. The maximum absolute atomic E-state index is 13.4. The summed E-state index contributed by atoms with van der Waals surface area (Å²) >= 11 is 6.13. The van der Waals surface area contributed by atoms with E-state index in [2.05, 4.69) is 30.5 Å². The maximum Gasteiger partial charge on any atom is 0.258 e. The van der Waals surface area contributed by atoms with Crippen LogP contribution in [0.15, 0.2) is 66.9 Å². The van der Waals surface area contributed by atoms with Gasteiger partial charge in [-0.05, 0) is 55.3 Å². The van der Waals surface area contributed by atoms with Crippen molar-refractivity contribution in [2.45, 2.75) is 39.4 Å². The first kappa shape index (κ1) is 21.0. The fourth-order valence-electron chi connectivity index (χ4n) is 3.38. The third kappa shape index (κ3) is 5.01. The molecule has 0 spiro atoms. The molecule has 1 atom stereocenters. The number of carbonyl (C=O) groups is 1. The lowest BCUT2D eigenvalue weighted by atomic mass is 10.1. The van der Waals surface area contributed by atoms with Crippen LogP contribution in [0.3, 0.4) is 0 Å². The second-order valence-corrected chi connectivity index (χ2v) is 7.58. The topological polar surface area (TPSA) is 34.5 Å². The molecule has 0 bridgehead atoms. The van der Waals surface area contributed by atoms with Gasteiger partial charge in [0, 0.05) is 29.5 Å². The molecule has 152 valence electrons. The second-order valence-electron chi connectivity index (χ2n) is 7.15. The number of para-hydroxylation sites is 1. The molecule has 0 fully saturated rings. The molecule has 0 aliphatic rings. The van der Waals surface area contributed by atoms with Crippen LogP contribution in [-0.2, 0) is 13.1 Å². The molecule has 0 aliphatic heterocycles. The first-order chi connectivity index (χ1) is 14.0. The van der Waals surface area contributed by atoms with Gasteiger partial charge in [0.05, 0.1) is 19.2 Å². The van der Waals surface area contributed by atoms with Gasteiger partial charge in [-0.2, -0.15) is 0 Å². The number of hydrogen-bond donors (Lipinski definition) is 0. The highest BCUT2D eigenvalue weighted by atomic mass is 35.5. The van der Waals surface area contributed by atoms with Crippen molar-refractivity contribution < 1.29 is 9.53 Å². The zero-order valence-corrected chi connectivity index (χ0v) is 17.9. The summed E-state index contributed by atoms with van der Waals surface area (Å²) in [5, 5.41) is 0.726. The minimum absolute atomic E-state index is 0.0210. The van der Waals surface area contributed by atoms with Crippen molar-refractivity contribution >= 4 is 17.5 Å². The Bertz CT molecular complexity index is 967. The molecule has 29 heavy (non-hydrogen) atoms. The smallest absolute Gasteiger partial charge is 0.258 e. The first-order valence-electron chi connectivity index (χ1n) is 9.86. The summed E-state index contributed by atoms with van der Waals surface area (Å²) in [4.78, 5) is 15.3. The summed E-state index contributed by atoms with van der Waals surface area (Å²) < 4.78 is 7.58. The number of rotatable bonds is 8. The van der Waals surface area contributed by atoms with Crippen LogP contribution in [0, 0.1) is 0 Å². The fraction of sp³-hybridized carbons (Fsp3) is 0.292. The largest absolute Gasteiger partial charge is 0.496 e. The summed E-state index contributed by atoms with van der Waals surface area (Å²) in [5.41, 5.74) is 2.79. The number of halogens is 1. The van der Waals surface area contributed by atoms with Crippen LogP contribution in [-0.4, -0.2) is 28.5 Å². The van der Waals surface area contributed by atoms with Gasteiger partial charge in [0.25, 0.3) is 5.91 Å². The Morgan fingerprint density at radius 1 is 1.14 bits per heavy atom. The number of methoxy groups -OCH3 is 1. The molecule has 0 N–H and O–H groups in total. The third-order valence-corrected chi connectivity index (χ3v) is 5.45.